The average Bonchev–Trinajstić information content (AvgIpc) is 2.62. The fourth-order valence-corrected chi connectivity index (χ4v) is 4.57. The second-order valence-corrected chi connectivity index (χ2v) is 8.29. The monoisotopic (exact) mass is 375 g/mol. The van der Waals surface area contributed by atoms with Crippen molar-refractivity contribution in [3.8, 4) is 0 Å². The van der Waals surface area contributed by atoms with Crippen LogP contribution in [0.5, 0.6) is 0 Å². The van der Waals surface area contributed by atoms with Gasteiger partial charge in [0.2, 0.25) is 10.0 Å². The SMILES string of the molecule is CCNc1cc(N2CCN(S(=O)(=O)Cc3ccccc3)CC2)nc(C)n1. The summed E-state index contributed by atoms with van der Waals surface area (Å²) in [6.07, 6.45) is 0. The van der Waals surface area contributed by atoms with Crippen LogP contribution < -0.4 is 10.2 Å². The van der Waals surface area contributed by atoms with E-state index in [1.807, 2.05) is 50.2 Å². The summed E-state index contributed by atoms with van der Waals surface area (Å²) in [5.74, 6) is 2.39. The molecule has 1 aromatic heterocycles. The minimum Gasteiger partial charge on any atom is -0.370 e. The minimum absolute atomic E-state index is 0.0467. The summed E-state index contributed by atoms with van der Waals surface area (Å²) in [6, 6.07) is 11.2. The fraction of sp³-hybridized carbons (Fsp3) is 0.444. The molecular formula is C18H25N5O2S. The van der Waals surface area contributed by atoms with E-state index in [1.54, 1.807) is 4.31 Å². The van der Waals surface area contributed by atoms with Crippen molar-refractivity contribution in [1.29, 1.82) is 0 Å². The van der Waals surface area contributed by atoms with Crippen molar-refractivity contribution in [1.82, 2.24) is 14.3 Å². The van der Waals surface area contributed by atoms with E-state index in [4.69, 9.17) is 0 Å². The van der Waals surface area contributed by atoms with Gasteiger partial charge in [-0.2, -0.15) is 4.31 Å². The van der Waals surface area contributed by atoms with Crippen molar-refractivity contribution in [3.05, 3.63) is 47.8 Å². The van der Waals surface area contributed by atoms with Crippen LogP contribution in [-0.2, 0) is 15.8 Å². The molecule has 140 valence electrons. The van der Waals surface area contributed by atoms with Gasteiger partial charge in [-0.1, -0.05) is 30.3 Å². The first-order valence-electron chi connectivity index (χ1n) is 8.84. The number of aromatic nitrogens is 2. The van der Waals surface area contributed by atoms with Gasteiger partial charge >= 0.3 is 0 Å². The molecule has 26 heavy (non-hydrogen) atoms. The zero-order valence-electron chi connectivity index (χ0n) is 15.2. The quantitative estimate of drug-likeness (QED) is 0.830. The smallest absolute Gasteiger partial charge is 0.218 e. The van der Waals surface area contributed by atoms with Crippen LogP contribution in [-0.4, -0.2) is 55.4 Å². The second-order valence-electron chi connectivity index (χ2n) is 6.32. The van der Waals surface area contributed by atoms with E-state index >= 15 is 0 Å². The van der Waals surface area contributed by atoms with Crippen LogP contribution in [0.3, 0.4) is 0 Å². The van der Waals surface area contributed by atoms with Gasteiger partial charge in [-0.25, -0.2) is 18.4 Å². The number of nitrogens with zero attached hydrogens (tertiary/aromatic N) is 4. The maximum Gasteiger partial charge on any atom is 0.218 e. The Bertz CT molecular complexity index is 834. The highest BCUT2D eigenvalue weighted by molar-refractivity contribution is 7.88. The molecule has 3 rings (SSSR count). The number of anilines is 2. The standard InChI is InChI=1S/C18H25N5O2S/c1-3-19-17-13-18(21-15(2)20-17)22-9-11-23(12-10-22)26(24,25)14-16-7-5-4-6-8-16/h4-8,13H,3,9-12,14H2,1-2H3,(H,19,20,21). The van der Waals surface area contributed by atoms with E-state index in [9.17, 15) is 8.42 Å². The second kappa shape index (κ2) is 8.01. The molecule has 0 unspecified atom stereocenters. The van der Waals surface area contributed by atoms with Crippen LogP contribution in [0.25, 0.3) is 0 Å². The van der Waals surface area contributed by atoms with E-state index in [0.717, 1.165) is 23.7 Å². The third-order valence-corrected chi connectivity index (χ3v) is 6.18. The summed E-state index contributed by atoms with van der Waals surface area (Å²) in [7, 11) is -3.31. The molecule has 0 amide bonds. The van der Waals surface area contributed by atoms with E-state index in [0.29, 0.717) is 32.0 Å². The number of hydrogen-bond acceptors (Lipinski definition) is 6. The van der Waals surface area contributed by atoms with Crippen molar-refractivity contribution in [2.45, 2.75) is 19.6 Å². The first kappa shape index (κ1) is 18.6. The van der Waals surface area contributed by atoms with Crippen LogP contribution in [0.4, 0.5) is 11.6 Å². The third kappa shape index (κ3) is 4.50. The minimum atomic E-state index is -3.31. The molecule has 0 saturated carbocycles. The van der Waals surface area contributed by atoms with Crippen molar-refractivity contribution < 1.29 is 8.42 Å². The molecule has 0 bridgehead atoms. The summed E-state index contributed by atoms with van der Waals surface area (Å²) < 4.78 is 26.9. The maximum atomic E-state index is 12.7. The average molecular weight is 375 g/mol. The van der Waals surface area contributed by atoms with Crippen LogP contribution in [0.15, 0.2) is 36.4 Å². The van der Waals surface area contributed by atoms with Crippen LogP contribution in [0, 0.1) is 6.92 Å². The molecule has 7 nitrogen and oxygen atoms in total. The highest BCUT2D eigenvalue weighted by Crippen LogP contribution is 2.20. The fourth-order valence-electron chi connectivity index (χ4n) is 3.06. The van der Waals surface area contributed by atoms with Gasteiger partial charge in [0, 0.05) is 38.8 Å². The number of benzene rings is 1. The van der Waals surface area contributed by atoms with Gasteiger partial charge in [0.25, 0.3) is 0 Å². The molecular weight excluding hydrogens is 350 g/mol. The Balaban J connectivity index is 1.65. The van der Waals surface area contributed by atoms with Crippen LogP contribution in [0.1, 0.15) is 18.3 Å². The summed E-state index contributed by atoms with van der Waals surface area (Å²) in [5.41, 5.74) is 0.816. The van der Waals surface area contributed by atoms with E-state index in [1.165, 1.54) is 0 Å². The first-order chi connectivity index (χ1) is 12.5. The van der Waals surface area contributed by atoms with E-state index in [-0.39, 0.29) is 5.75 Å². The Labute approximate surface area is 155 Å². The molecule has 8 heteroatoms. The lowest BCUT2D eigenvalue weighted by Gasteiger charge is -2.34. The topological polar surface area (TPSA) is 78.4 Å². The molecule has 0 radical (unpaired) electrons. The van der Waals surface area contributed by atoms with E-state index in [2.05, 4.69) is 20.2 Å². The van der Waals surface area contributed by atoms with Gasteiger partial charge in [-0.15, -0.1) is 0 Å². The number of sulfonamides is 1. The number of piperazine rings is 1. The number of rotatable bonds is 6. The van der Waals surface area contributed by atoms with Crippen molar-refractivity contribution in [2.75, 3.05) is 42.9 Å². The lowest BCUT2D eigenvalue weighted by Crippen LogP contribution is -2.49. The van der Waals surface area contributed by atoms with Gasteiger partial charge in [-0.3, -0.25) is 0 Å². The molecule has 1 N–H and O–H groups in total. The highest BCUT2D eigenvalue weighted by atomic mass is 32.2. The zero-order chi connectivity index (χ0) is 18.6. The molecule has 1 fully saturated rings. The molecule has 0 atom stereocenters. The maximum absolute atomic E-state index is 12.7. The summed E-state index contributed by atoms with van der Waals surface area (Å²) in [4.78, 5) is 11.0. The molecule has 0 spiro atoms. The third-order valence-electron chi connectivity index (χ3n) is 4.33. The Hall–Kier alpha value is -2.19. The van der Waals surface area contributed by atoms with Gasteiger partial charge in [0.15, 0.2) is 0 Å². The molecule has 0 aliphatic carbocycles. The Morgan fingerprint density at radius 2 is 1.77 bits per heavy atom. The summed E-state index contributed by atoms with van der Waals surface area (Å²) >= 11 is 0. The lowest BCUT2D eigenvalue weighted by atomic mass is 10.2. The van der Waals surface area contributed by atoms with Gasteiger partial charge in [0.1, 0.15) is 17.5 Å². The number of nitrogens with one attached hydrogen (secondary N) is 1. The van der Waals surface area contributed by atoms with Crippen LogP contribution >= 0.6 is 0 Å². The molecule has 1 aromatic carbocycles. The van der Waals surface area contributed by atoms with Crippen LogP contribution in [0.2, 0.25) is 0 Å². The predicted octanol–water partition coefficient (Wildman–Crippen LogP) is 1.87. The Kier molecular flexibility index (Phi) is 5.73. The number of hydrogen-bond donors (Lipinski definition) is 1. The number of aryl methyl sites for hydroxylation is 1. The van der Waals surface area contributed by atoms with Gasteiger partial charge in [0.05, 0.1) is 5.75 Å². The predicted molar refractivity (Wildman–Crippen MR) is 104 cm³/mol. The Morgan fingerprint density at radius 1 is 1.08 bits per heavy atom. The largest absolute Gasteiger partial charge is 0.370 e. The first-order valence-corrected chi connectivity index (χ1v) is 10.4. The molecule has 2 heterocycles. The highest BCUT2D eigenvalue weighted by Gasteiger charge is 2.27. The van der Waals surface area contributed by atoms with Crippen molar-refractivity contribution in [2.24, 2.45) is 0 Å². The molecule has 1 aliphatic rings. The zero-order valence-corrected chi connectivity index (χ0v) is 16.0. The molecule has 1 aliphatic heterocycles. The van der Waals surface area contributed by atoms with Gasteiger partial charge < -0.3 is 10.2 Å². The normalized spacial score (nSPS) is 15.8. The van der Waals surface area contributed by atoms with Crippen molar-refractivity contribution >= 4 is 21.7 Å². The van der Waals surface area contributed by atoms with Gasteiger partial charge in [-0.05, 0) is 19.4 Å². The van der Waals surface area contributed by atoms with Crippen molar-refractivity contribution in [3.63, 3.8) is 0 Å². The summed E-state index contributed by atoms with van der Waals surface area (Å²) in [5, 5.41) is 3.20. The summed E-state index contributed by atoms with van der Waals surface area (Å²) in [6.45, 7) is 6.86. The lowest BCUT2D eigenvalue weighted by molar-refractivity contribution is 0.383. The molecule has 2 aromatic rings. The van der Waals surface area contributed by atoms with E-state index < -0.39 is 10.0 Å². The molecule has 1 saturated heterocycles. The Morgan fingerprint density at radius 3 is 2.42 bits per heavy atom.